The number of likely N-dealkylation sites (tertiary alicyclic amines) is 1. The number of carbonyl (C=O) groups excluding carboxylic acids is 2. The van der Waals surface area contributed by atoms with Crippen LogP contribution in [0.25, 0.3) is 0 Å². The van der Waals surface area contributed by atoms with Crippen LogP contribution in [-0.4, -0.2) is 36.0 Å². The van der Waals surface area contributed by atoms with Gasteiger partial charge in [-0.1, -0.05) is 6.92 Å². The predicted molar refractivity (Wildman–Crippen MR) is 60.9 cm³/mol. The van der Waals surface area contributed by atoms with Gasteiger partial charge in [-0.15, -0.1) is 0 Å². The summed E-state index contributed by atoms with van der Waals surface area (Å²) in [7, 11) is 0. The van der Waals surface area contributed by atoms with Crippen molar-refractivity contribution in [1.82, 2.24) is 4.90 Å². The van der Waals surface area contributed by atoms with E-state index in [2.05, 4.69) is 0 Å². The van der Waals surface area contributed by atoms with Crippen LogP contribution in [0.1, 0.15) is 46.0 Å². The summed E-state index contributed by atoms with van der Waals surface area (Å²) in [6.07, 6.45) is 4.29. The highest BCUT2D eigenvalue weighted by Gasteiger charge is 2.19. The van der Waals surface area contributed by atoms with E-state index in [0.29, 0.717) is 6.42 Å². The van der Waals surface area contributed by atoms with Gasteiger partial charge in [-0.25, -0.2) is 0 Å². The summed E-state index contributed by atoms with van der Waals surface area (Å²) in [6.45, 7) is 5.14. The first kappa shape index (κ1) is 13.0. The summed E-state index contributed by atoms with van der Waals surface area (Å²) in [4.78, 5) is 24.0. The van der Waals surface area contributed by atoms with Crippen molar-refractivity contribution in [2.45, 2.75) is 52.1 Å². The smallest absolute Gasteiger partial charge is 0.302 e. The average molecular weight is 227 g/mol. The third-order valence-corrected chi connectivity index (χ3v) is 2.91. The lowest BCUT2D eigenvalue weighted by Crippen LogP contribution is -2.27. The van der Waals surface area contributed by atoms with E-state index in [-0.39, 0.29) is 18.0 Å². The number of hydrogen-bond donors (Lipinski definition) is 0. The van der Waals surface area contributed by atoms with Crippen LogP contribution in [0.3, 0.4) is 0 Å². The second-order valence-corrected chi connectivity index (χ2v) is 4.27. The van der Waals surface area contributed by atoms with Crippen LogP contribution in [0.5, 0.6) is 0 Å². The van der Waals surface area contributed by atoms with E-state index in [1.54, 1.807) is 0 Å². The number of hydrogen-bond acceptors (Lipinski definition) is 3. The van der Waals surface area contributed by atoms with E-state index in [1.165, 1.54) is 6.92 Å². The summed E-state index contributed by atoms with van der Waals surface area (Å²) < 4.78 is 5.15. The van der Waals surface area contributed by atoms with Gasteiger partial charge in [0.15, 0.2) is 0 Å². The van der Waals surface area contributed by atoms with E-state index < -0.39 is 0 Å². The van der Waals surface area contributed by atoms with E-state index in [1.807, 2.05) is 11.8 Å². The molecule has 0 aromatic heterocycles. The lowest BCUT2D eigenvalue weighted by Gasteiger charge is -2.18. The highest BCUT2D eigenvalue weighted by Crippen LogP contribution is 2.13. The molecule has 1 aliphatic rings. The van der Waals surface area contributed by atoms with Crippen molar-refractivity contribution in [2.75, 3.05) is 13.1 Å². The third-order valence-electron chi connectivity index (χ3n) is 2.91. The molecule has 92 valence electrons. The first-order valence-corrected chi connectivity index (χ1v) is 6.08. The van der Waals surface area contributed by atoms with Crippen LogP contribution in [-0.2, 0) is 14.3 Å². The van der Waals surface area contributed by atoms with E-state index >= 15 is 0 Å². The maximum atomic E-state index is 11.3. The van der Waals surface area contributed by atoms with Gasteiger partial charge in [0.05, 0.1) is 0 Å². The zero-order chi connectivity index (χ0) is 12.0. The maximum absolute atomic E-state index is 11.3. The molecule has 16 heavy (non-hydrogen) atoms. The Bertz CT molecular complexity index is 253. The van der Waals surface area contributed by atoms with Crippen molar-refractivity contribution in [3.05, 3.63) is 0 Å². The van der Waals surface area contributed by atoms with Gasteiger partial charge in [-0.3, -0.25) is 9.59 Å². The molecule has 1 atom stereocenters. The molecule has 0 aliphatic carbocycles. The van der Waals surface area contributed by atoms with Crippen LogP contribution < -0.4 is 0 Å². The second kappa shape index (κ2) is 6.51. The lowest BCUT2D eigenvalue weighted by molar-refractivity contribution is -0.147. The van der Waals surface area contributed by atoms with Crippen molar-refractivity contribution < 1.29 is 14.3 Å². The van der Waals surface area contributed by atoms with Gasteiger partial charge in [0.1, 0.15) is 6.10 Å². The van der Waals surface area contributed by atoms with Crippen molar-refractivity contribution in [3.8, 4) is 0 Å². The Hall–Kier alpha value is -1.06. The topological polar surface area (TPSA) is 46.6 Å². The summed E-state index contributed by atoms with van der Waals surface area (Å²) in [6, 6.07) is 0. The molecule has 0 bridgehead atoms. The van der Waals surface area contributed by atoms with Crippen LogP contribution in [0, 0.1) is 0 Å². The molecule has 1 saturated heterocycles. The summed E-state index contributed by atoms with van der Waals surface area (Å²) in [5, 5.41) is 0. The van der Waals surface area contributed by atoms with Gasteiger partial charge in [-0.05, 0) is 25.7 Å². The van der Waals surface area contributed by atoms with Crippen LogP contribution in [0.4, 0.5) is 0 Å². The quantitative estimate of drug-likeness (QED) is 0.649. The minimum absolute atomic E-state index is 0.00945. The Labute approximate surface area is 96.9 Å². The summed E-state index contributed by atoms with van der Waals surface area (Å²) >= 11 is 0. The lowest BCUT2D eigenvalue weighted by atomic mass is 10.1. The molecule has 0 aromatic carbocycles. The number of nitrogens with zero attached hydrogens (tertiary/aromatic N) is 1. The van der Waals surface area contributed by atoms with Gasteiger partial charge in [0, 0.05) is 26.4 Å². The van der Waals surface area contributed by atoms with Gasteiger partial charge >= 0.3 is 5.97 Å². The molecule has 0 radical (unpaired) electrons. The SMILES string of the molecule is CCC(CCCN1CCCC1=O)OC(C)=O. The Morgan fingerprint density at radius 1 is 1.56 bits per heavy atom. The molecule has 1 aliphatic heterocycles. The number of rotatable bonds is 6. The van der Waals surface area contributed by atoms with E-state index in [4.69, 9.17) is 4.74 Å². The Morgan fingerprint density at radius 3 is 2.81 bits per heavy atom. The second-order valence-electron chi connectivity index (χ2n) is 4.27. The molecule has 1 fully saturated rings. The zero-order valence-corrected chi connectivity index (χ0v) is 10.2. The third kappa shape index (κ3) is 4.21. The highest BCUT2D eigenvalue weighted by atomic mass is 16.5. The fraction of sp³-hybridized carbons (Fsp3) is 0.833. The molecule has 0 spiro atoms. The number of amides is 1. The van der Waals surface area contributed by atoms with Crippen LogP contribution in [0.15, 0.2) is 0 Å². The largest absolute Gasteiger partial charge is 0.463 e. The van der Waals surface area contributed by atoms with E-state index in [0.717, 1.165) is 38.8 Å². The molecule has 1 rings (SSSR count). The Morgan fingerprint density at radius 2 is 2.31 bits per heavy atom. The molecule has 0 aromatic rings. The van der Waals surface area contributed by atoms with Gasteiger partial charge in [-0.2, -0.15) is 0 Å². The van der Waals surface area contributed by atoms with Crippen LogP contribution in [0.2, 0.25) is 0 Å². The first-order chi connectivity index (χ1) is 7.63. The fourth-order valence-corrected chi connectivity index (χ4v) is 2.03. The van der Waals surface area contributed by atoms with Gasteiger partial charge in [0.2, 0.25) is 5.91 Å². The Kier molecular flexibility index (Phi) is 5.29. The highest BCUT2D eigenvalue weighted by molar-refractivity contribution is 5.77. The minimum Gasteiger partial charge on any atom is -0.463 e. The summed E-state index contributed by atoms with van der Waals surface area (Å²) in [5.41, 5.74) is 0. The maximum Gasteiger partial charge on any atom is 0.302 e. The van der Waals surface area contributed by atoms with Gasteiger partial charge < -0.3 is 9.64 Å². The molecule has 1 unspecified atom stereocenters. The number of ether oxygens (including phenoxy) is 1. The molecular weight excluding hydrogens is 206 g/mol. The normalized spacial score (nSPS) is 17.6. The molecule has 1 heterocycles. The van der Waals surface area contributed by atoms with Crippen molar-refractivity contribution in [3.63, 3.8) is 0 Å². The molecule has 0 saturated carbocycles. The monoisotopic (exact) mass is 227 g/mol. The fourth-order valence-electron chi connectivity index (χ4n) is 2.03. The molecular formula is C12H21NO3. The van der Waals surface area contributed by atoms with Crippen LogP contribution >= 0.6 is 0 Å². The predicted octanol–water partition coefficient (Wildman–Crippen LogP) is 1.73. The number of esters is 1. The van der Waals surface area contributed by atoms with Crippen molar-refractivity contribution in [1.29, 1.82) is 0 Å². The first-order valence-electron chi connectivity index (χ1n) is 6.08. The molecule has 0 N–H and O–H groups in total. The minimum atomic E-state index is -0.218. The van der Waals surface area contributed by atoms with Crippen molar-refractivity contribution in [2.24, 2.45) is 0 Å². The number of carbonyl (C=O) groups is 2. The van der Waals surface area contributed by atoms with Crippen molar-refractivity contribution >= 4 is 11.9 Å². The Balaban J connectivity index is 2.17. The van der Waals surface area contributed by atoms with Gasteiger partial charge in [0.25, 0.3) is 0 Å². The molecule has 1 amide bonds. The average Bonchev–Trinajstić information content (AvgIpc) is 2.62. The molecule has 4 nitrogen and oxygen atoms in total. The zero-order valence-electron chi connectivity index (χ0n) is 10.2. The summed E-state index contributed by atoms with van der Waals surface area (Å²) in [5.74, 6) is 0.0460. The van der Waals surface area contributed by atoms with E-state index in [9.17, 15) is 9.59 Å². The molecule has 4 heteroatoms. The standard InChI is InChI=1S/C12H21NO3/c1-3-11(16-10(2)14)6-4-8-13-9-5-7-12(13)15/h11H,3-9H2,1-2H3.